The average Bonchev–Trinajstić information content (AvgIpc) is 2.65. The molecule has 6 unspecified atom stereocenters. The van der Waals surface area contributed by atoms with E-state index in [0.29, 0.717) is 6.42 Å². The minimum Gasteiger partial charge on any atom is -0.480 e. The summed E-state index contributed by atoms with van der Waals surface area (Å²) in [6.07, 6.45) is -0.835. The summed E-state index contributed by atoms with van der Waals surface area (Å²) < 4.78 is 0. The zero-order chi connectivity index (χ0) is 22.0. The highest BCUT2D eigenvalue weighted by Crippen LogP contribution is 2.09. The predicted octanol–water partition coefficient (Wildman–Crippen LogP) is -2.80. The van der Waals surface area contributed by atoms with Gasteiger partial charge in [0.2, 0.25) is 17.7 Å². The van der Waals surface area contributed by atoms with Crippen LogP contribution in [0.5, 0.6) is 0 Å². The molecule has 3 amide bonds. The van der Waals surface area contributed by atoms with E-state index in [4.69, 9.17) is 15.9 Å². The highest BCUT2D eigenvalue weighted by atomic mass is 32.1. The van der Waals surface area contributed by atoms with Gasteiger partial charge in [-0.1, -0.05) is 20.3 Å². The maximum Gasteiger partial charge on any atom is 0.328 e. The number of aliphatic carboxylic acids is 1. The molecule has 0 aromatic carbocycles. The standard InChI is InChI=1S/C16H30N4O7S/c1-4-7(2)11(19-13(23)9(17)5-21)15(25)18-10(6-28)14(24)20-12(8(3)22)16(26)27/h7-12,21-22,28H,4-6,17H2,1-3H3,(H,18,25)(H,19,23)(H,20,24)(H,26,27). The molecule has 0 aliphatic heterocycles. The Morgan fingerprint density at radius 1 is 1.00 bits per heavy atom. The predicted molar refractivity (Wildman–Crippen MR) is 103 cm³/mol. The Morgan fingerprint density at radius 2 is 1.54 bits per heavy atom. The van der Waals surface area contributed by atoms with Gasteiger partial charge in [-0.3, -0.25) is 14.4 Å². The molecule has 11 nitrogen and oxygen atoms in total. The van der Waals surface area contributed by atoms with Crippen molar-refractivity contribution in [2.24, 2.45) is 11.7 Å². The molecule has 0 aliphatic rings. The molecule has 0 bridgehead atoms. The van der Waals surface area contributed by atoms with Crippen molar-refractivity contribution in [2.45, 2.75) is 57.5 Å². The summed E-state index contributed by atoms with van der Waals surface area (Å²) in [5, 5.41) is 34.4. The van der Waals surface area contributed by atoms with Crippen molar-refractivity contribution in [2.75, 3.05) is 12.4 Å². The first-order chi connectivity index (χ1) is 13.0. The molecule has 0 heterocycles. The summed E-state index contributed by atoms with van der Waals surface area (Å²) in [5.74, 6) is -4.17. The third-order valence-electron chi connectivity index (χ3n) is 4.19. The Balaban J connectivity index is 5.25. The minimum absolute atomic E-state index is 0.152. The minimum atomic E-state index is -1.56. The van der Waals surface area contributed by atoms with Crippen LogP contribution in [0.2, 0.25) is 0 Å². The molecule has 0 saturated carbocycles. The number of aliphatic hydroxyl groups is 2. The van der Waals surface area contributed by atoms with Gasteiger partial charge in [0.05, 0.1) is 12.7 Å². The molecular formula is C16H30N4O7S. The van der Waals surface area contributed by atoms with E-state index in [1.165, 1.54) is 6.92 Å². The molecule has 6 atom stereocenters. The van der Waals surface area contributed by atoms with Crippen LogP contribution >= 0.6 is 12.6 Å². The molecule has 162 valence electrons. The fourth-order valence-electron chi connectivity index (χ4n) is 2.14. The third-order valence-corrected chi connectivity index (χ3v) is 4.55. The van der Waals surface area contributed by atoms with Gasteiger partial charge in [0.15, 0.2) is 6.04 Å². The van der Waals surface area contributed by atoms with Gasteiger partial charge < -0.3 is 37.0 Å². The van der Waals surface area contributed by atoms with E-state index < -0.39 is 60.6 Å². The first kappa shape index (κ1) is 26.1. The van der Waals surface area contributed by atoms with E-state index >= 15 is 0 Å². The van der Waals surface area contributed by atoms with Crippen molar-refractivity contribution in [1.29, 1.82) is 0 Å². The number of thiol groups is 1. The van der Waals surface area contributed by atoms with Crippen LogP contribution in [0.4, 0.5) is 0 Å². The zero-order valence-electron chi connectivity index (χ0n) is 16.1. The molecule has 8 N–H and O–H groups in total. The van der Waals surface area contributed by atoms with Crippen molar-refractivity contribution in [1.82, 2.24) is 16.0 Å². The first-order valence-corrected chi connectivity index (χ1v) is 9.42. The zero-order valence-corrected chi connectivity index (χ0v) is 17.0. The Hall–Kier alpha value is -1.89. The maximum atomic E-state index is 12.6. The first-order valence-electron chi connectivity index (χ1n) is 8.79. The second-order valence-electron chi connectivity index (χ2n) is 6.47. The molecule has 0 aliphatic carbocycles. The van der Waals surface area contributed by atoms with Crippen molar-refractivity contribution in [3.63, 3.8) is 0 Å². The average molecular weight is 423 g/mol. The van der Waals surface area contributed by atoms with Gasteiger partial charge in [-0.25, -0.2) is 4.79 Å². The Morgan fingerprint density at radius 3 is 1.93 bits per heavy atom. The monoisotopic (exact) mass is 422 g/mol. The molecule has 0 spiro atoms. The van der Waals surface area contributed by atoms with Crippen LogP contribution in [-0.2, 0) is 19.2 Å². The van der Waals surface area contributed by atoms with E-state index in [-0.39, 0.29) is 11.7 Å². The Bertz CT molecular complexity index is 561. The highest BCUT2D eigenvalue weighted by Gasteiger charge is 2.32. The number of carbonyl (C=O) groups is 4. The number of rotatable bonds is 12. The number of nitrogens with two attached hydrogens (primary N) is 1. The van der Waals surface area contributed by atoms with Gasteiger partial charge in [0.1, 0.15) is 18.1 Å². The number of carbonyl (C=O) groups excluding carboxylic acids is 3. The molecule has 28 heavy (non-hydrogen) atoms. The fraction of sp³-hybridized carbons (Fsp3) is 0.750. The van der Waals surface area contributed by atoms with Crippen molar-refractivity contribution in [3.05, 3.63) is 0 Å². The smallest absolute Gasteiger partial charge is 0.328 e. The number of amides is 3. The Labute approximate surface area is 168 Å². The van der Waals surface area contributed by atoms with Crippen LogP contribution in [-0.4, -0.2) is 81.6 Å². The van der Waals surface area contributed by atoms with Crippen LogP contribution in [0.1, 0.15) is 27.2 Å². The van der Waals surface area contributed by atoms with Gasteiger partial charge in [-0.15, -0.1) is 0 Å². The Kier molecular flexibility index (Phi) is 11.7. The second kappa shape index (κ2) is 12.5. The third kappa shape index (κ3) is 8.00. The second-order valence-corrected chi connectivity index (χ2v) is 6.83. The van der Waals surface area contributed by atoms with Crippen molar-refractivity contribution >= 4 is 36.3 Å². The van der Waals surface area contributed by atoms with Crippen LogP contribution in [0.15, 0.2) is 0 Å². The highest BCUT2D eigenvalue weighted by molar-refractivity contribution is 7.80. The molecule has 0 radical (unpaired) electrons. The molecular weight excluding hydrogens is 392 g/mol. The van der Waals surface area contributed by atoms with Crippen molar-refractivity contribution in [3.8, 4) is 0 Å². The molecule has 0 rings (SSSR count). The van der Waals surface area contributed by atoms with Gasteiger partial charge in [-0.2, -0.15) is 12.6 Å². The summed E-state index contributed by atoms with van der Waals surface area (Å²) in [4.78, 5) is 47.9. The lowest BCUT2D eigenvalue weighted by atomic mass is 9.97. The lowest BCUT2D eigenvalue weighted by molar-refractivity contribution is -0.145. The SMILES string of the molecule is CCC(C)C(NC(=O)C(N)CO)C(=O)NC(CS)C(=O)NC(C(=O)O)C(C)O. The van der Waals surface area contributed by atoms with E-state index in [1.807, 2.05) is 0 Å². The molecule has 0 fully saturated rings. The number of hydrogen-bond acceptors (Lipinski definition) is 8. The van der Waals surface area contributed by atoms with Crippen LogP contribution < -0.4 is 21.7 Å². The summed E-state index contributed by atoms with van der Waals surface area (Å²) in [6, 6.07) is -4.99. The molecule has 0 aromatic rings. The summed E-state index contributed by atoms with van der Waals surface area (Å²) in [7, 11) is 0. The normalized spacial score (nSPS) is 17.4. The lowest BCUT2D eigenvalue weighted by Gasteiger charge is -2.27. The molecule has 0 saturated heterocycles. The van der Waals surface area contributed by atoms with Crippen LogP contribution in [0.3, 0.4) is 0 Å². The van der Waals surface area contributed by atoms with Gasteiger partial charge >= 0.3 is 5.97 Å². The van der Waals surface area contributed by atoms with E-state index in [1.54, 1.807) is 13.8 Å². The maximum absolute atomic E-state index is 12.6. The van der Waals surface area contributed by atoms with Crippen molar-refractivity contribution < 1.29 is 34.5 Å². The quantitative estimate of drug-likeness (QED) is 0.155. The molecule has 0 aromatic heterocycles. The fourth-order valence-corrected chi connectivity index (χ4v) is 2.40. The number of hydrogen-bond donors (Lipinski definition) is 8. The largest absolute Gasteiger partial charge is 0.480 e. The number of carboxylic acid groups (broad SMARTS) is 1. The van der Waals surface area contributed by atoms with Gasteiger partial charge in [-0.05, 0) is 12.8 Å². The van der Waals surface area contributed by atoms with Gasteiger partial charge in [0, 0.05) is 5.75 Å². The number of aliphatic hydroxyl groups excluding tert-OH is 2. The van der Waals surface area contributed by atoms with E-state index in [2.05, 4.69) is 28.6 Å². The van der Waals surface area contributed by atoms with Crippen LogP contribution in [0, 0.1) is 5.92 Å². The van der Waals surface area contributed by atoms with E-state index in [0.717, 1.165) is 0 Å². The number of nitrogens with one attached hydrogen (secondary N) is 3. The topological polar surface area (TPSA) is 191 Å². The summed E-state index contributed by atoms with van der Waals surface area (Å²) >= 11 is 3.99. The van der Waals surface area contributed by atoms with Gasteiger partial charge in [0.25, 0.3) is 0 Å². The van der Waals surface area contributed by atoms with E-state index in [9.17, 15) is 24.3 Å². The molecule has 12 heteroatoms. The lowest BCUT2D eigenvalue weighted by Crippen LogP contribution is -2.60. The summed E-state index contributed by atoms with van der Waals surface area (Å²) in [6.45, 7) is 4.11. The summed E-state index contributed by atoms with van der Waals surface area (Å²) in [5.41, 5.74) is 5.44. The van der Waals surface area contributed by atoms with Crippen LogP contribution in [0.25, 0.3) is 0 Å². The number of carboxylic acids is 1.